The van der Waals surface area contributed by atoms with Crippen LogP contribution in [0.15, 0.2) is 36.4 Å². The van der Waals surface area contributed by atoms with Crippen molar-refractivity contribution in [2.45, 2.75) is 12.8 Å². The zero-order valence-electron chi connectivity index (χ0n) is 12.0. The molecule has 0 spiro atoms. The van der Waals surface area contributed by atoms with Gasteiger partial charge in [-0.15, -0.1) is 0 Å². The van der Waals surface area contributed by atoms with Gasteiger partial charge in [0.15, 0.2) is 11.5 Å². The molecule has 0 aliphatic rings. The molecule has 122 valence electrons. The van der Waals surface area contributed by atoms with Crippen LogP contribution in [0.2, 0.25) is 0 Å². The number of carbonyl (C=O) groups is 1. The summed E-state index contributed by atoms with van der Waals surface area (Å²) in [6.07, 6.45) is -4.10. The van der Waals surface area contributed by atoms with Crippen LogP contribution in [0.4, 0.5) is 17.6 Å². The van der Waals surface area contributed by atoms with Gasteiger partial charge in [0, 0.05) is 5.56 Å². The molecular weight excluding hydrogens is 316 g/mol. The number of alkyl halides is 3. The highest BCUT2D eigenvalue weighted by Gasteiger charge is 2.33. The van der Waals surface area contributed by atoms with Crippen LogP contribution < -0.4 is 9.47 Å². The van der Waals surface area contributed by atoms with Crippen LogP contribution in [0, 0.1) is 5.82 Å². The van der Waals surface area contributed by atoms with Crippen molar-refractivity contribution in [3.63, 3.8) is 0 Å². The average molecular weight is 328 g/mol. The van der Waals surface area contributed by atoms with Crippen molar-refractivity contribution in [1.82, 2.24) is 0 Å². The summed E-state index contributed by atoms with van der Waals surface area (Å²) >= 11 is 0. The second kappa shape index (κ2) is 6.68. The Morgan fingerprint density at radius 2 is 1.83 bits per heavy atom. The molecule has 23 heavy (non-hydrogen) atoms. The van der Waals surface area contributed by atoms with Crippen LogP contribution in [-0.4, -0.2) is 13.4 Å². The van der Waals surface area contributed by atoms with Crippen LogP contribution in [0.1, 0.15) is 21.5 Å². The summed E-state index contributed by atoms with van der Waals surface area (Å²) < 4.78 is 61.4. The van der Waals surface area contributed by atoms with E-state index in [1.165, 1.54) is 25.3 Å². The molecule has 2 aromatic carbocycles. The van der Waals surface area contributed by atoms with Crippen molar-refractivity contribution in [1.29, 1.82) is 0 Å². The zero-order chi connectivity index (χ0) is 17.0. The van der Waals surface area contributed by atoms with Crippen molar-refractivity contribution in [3.05, 3.63) is 58.9 Å². The van der Waals surface area contributed by atoms with Crippen molar-refractivity contribution >= 4 is 6.29 Å². The SMILES string of the molecule is COc1cc(C=O)ccc1OCc1ccc(C(F)(F)F)c(F)c1. The van der Waals surface area contributed by atoms with E-state index in [1.54, 1.807) is 0 Å². The molecule has 2 aromatic rings. The number of carbonyl (C=O) groups excluding carboxylic acids is 1. The maximum Gasteiger partial charge on any atom is 0.419 e. The number of aldehydes is 1. The molecule has 0 radical (unpaired) electrons. The van der Waals surface area contributed by atoms with Crippen molar-refractivity contribution in [2.75, 3.05) is 7.11 Å². The Bertz CT molecular complexity index is 711. The van der Waals surface area contributed by atoms with Gasteiger partial charge in [-0.25, -0.2) is 4.39 Å². The first-order valence-corrected chi connectivity index (χ1v) is 6.47. The van der Waals surface area contributed by atoms with E-state index in [1.807, 2.05) is 0 Å². The molecule has 0 heterocycles. The molecule has 2 rings (SSSR count). The fraction of sp³-hybridized carbons (Fsp3) is 0.188. The molecule has 0 unspecified atom stereocenters. The minimum Gasteiger partial charge on any atom is -0.493 e. The number of halogens is 4. The highest BCUT2D eigenvalue weighted by Crippen LogP contribution is 2.32. The number of methoxy groups -OCH3 is 1. The molecule has 0 aliphatic carbocycles. The lowest BCUT2D eigenvalue weighted by Crippen LogP contribution is -2.09. The third-order valence-electron chi connectivity index (χ3n) is 3.06. The number of rotatable bonds is 5. The molecule has 0 aromatic heterocycles. The van der Waals surface area contributed by atoms with Crippen LogP contribution >= 0.6 is 0 Å². The lowest BCUT2D eigenvalue weighted by Gasteiger charge is -2.12. The molecule has 0 bridgehead atoms. The van der Waals surface area contributed by atoms with Gasteiger partial charge in [-0.3, -0.25) is 4.79 Å². The Labute approximate surface area is 129 Å². The Morgan fingerprint density at radius 1 is 1.09 bits per heavy atom. The first-order chi connectivity index (χ1) is 10.8. The normalized spacial score (nSPS) is 11.2. The third kappa shape index (κ3) is 4.00. The molecule has 0 saturated carbocycles. The average Bonchev–Trinajstić information content (AvgIpc) is 2.51. The van der Waals surface area contributed by atoms with E-state index in [0.29, 0.717) is 29.4 Å². The summed E-state index contributed by atoms with van der Waals surface area (Å²) in [7, 11) is 1.38. The van der Waals surface area contributed by atoms with Gasteiger partial charge < -0.3 is 9.47 Å². The van der Waals surface area contributed by atoms with Gasteiger partial charge in [0.2, 0.25) is 0 Å². The molecule has 0 aliphatic heterocycles. The van der Waals surface area contributed by atoms with E-state index >= 15 is 0 Å². The molecule has 3 nitrogen and oxygen atoms in total. The van der Waals surface area contributed by atoms with Crippen LogP contribution in [0.25, 0.3) is 0 Å². The quantitative estimate of drug-likeness (QED) is 0.608. The fourth-order valence-corrected chi connectivity index (χ4v) is 1.92. The van der Waals surface area contributed by atoms with E-state index < -0.39 is 17.6 Å². The zero-order valence-corrected chi connectivity index (χ0v) is 12.0. The van der Waals surface area contributed by atoms with Crippen molar-refractivity contribution in [3.8, 4) is 11.5 Å². The number of hydrogen-bond donors (Lipinski definition) is 0. The molecule has 0 saturated heterocycles. The highest BCUT2D eigenvalue weighted by atomic mass is 19.4. The van der Waals surface area contributed by atoms with Crippen LogP contribution in [0.3, 0.4) is 0 Å². The van der Waals surface area contributed by atoms with E-state index in [0.717, 1.165) is 12.1 Å². The molecule has 0 N–H and O–H groups in total. The van der Waals surface area contributed by atoms with Gasteiger partial charge in [-0.2, -0.15) is 13.2 Å². The highest BCUT2D eigenvalue weighted by molar-refractivity contribution is 5.76. The Hall–Kier alpha value is -2.57. The number of hydrogen-bond acceptors (Lipinski definition) is 3. The smallest absolute Gasteiger partial charge is 0.419 e. The van der Waals surface area contributed by atoms with Crippen molar-refractivity contribution < 1.29 is 31.8 Å². The van der Waals surface area contributed by atoms with Crippen molar-refractivity contribution in [2.24, 2.45) is 0 Å². The number of benzene rings is 2. The Morgan fingerprint density at radius 3 is 2.39 bits per heavy atom. The van der Waals surface area contributed by atoms with E-state index in [9.17, 15) is 22.4 Å². The van der Waals surface area contributed by atoms with Gasteiger partial charge in [0.05, 0.1) is 12.7 Å². The molecule has 7 heteroatoms. The predicted octanol–water partition coefficient (Wildman–Crippen LogP) is 4.24. The lowest BCUT2D eigenvalue weighted by molar-refractivity contribution is -0.140. The maximum absolute atomic E-state index is 13.5. The summed E-state index contributed by atoms with van der Waals surface area (Å²) in [5.74, 6) is -0.776. The summed E-state index contributed by atoms with van der Waals surface area (Å²) in [5, 5.41) is 0. The second-order valence-corrected chi connectivity index (χ2v) is 4.63. The third-order valence-corrected chi connectivity index (χ3v) is 3.06. The lowest BCUT2D eigenvalue weighted by atomic mass is 10.1. The van der Waals surface area contributed by atoms with E-state index in [2.05, 4.69) is 0 Å². The van der Waals surface area contributed by atoms with Crippen LogP contribution in [0.5, 0.6) is 11.5 Å². The minimum absolute atomic E-state index is 0.147. The Kier molecular flexibility index (Phi) is 4.88. The fourth-order valence-electron chi connectivity index (χ4n) is 1.92. The molecule has 0 atom stereocenters. The summed E-state index contributed by atoms with van der Waals surface area (Å²) in [4.78, 5) is 10.7. The van der Waals surface area contributed by atoms with Gasteiger partial charge in [-0.1, -0.05) is 6.07 Å². The summed E-state index contributed by atoms with van der Waals surface area (Å²) in [5.41, 5.74) is -0.707. The topological polar surface area (TPSA) is 35.5 Å². The largest absolute Gasteiger partial charge is 0.493 e. The van der Waals surface area contributed by atoms with E-state index in [4.69, 9.17) is 9.47 Å². The monoisotopic (exact) mass is 328 g/mol. The molecule has 0 fully saturated rings. The molecule has 0 amide bonds. The first kappa shape index (κ1) is 16.8. The van der Waals surface area contributed by atoms with E-state index in [-0.39, 0.29) is 12.2 Å². The molecular formula is C16H12F4O3. The van der Waals surface area contributed by atoms with Gasteiger partial charge in [0.25, 0.3) is 0 Å². The van der Waals surface area contributed by atoms with Gasteiger partial charge in [-0.05, 0) is 35.9 Å². The minimum atomic E-state index is -4.74. The number of ether oxygens (including phenoxy) is 2. The van der Waals surface area contributed by atoms with Gasteiger partial charge >= 0.3 is 6.18 Å². The summed E-state index contributed by atoms with van der Waals surface area (Å²) in [6.45, 7) is -0.147. The summed E-state index contributed by atoms with van der Waals surface area (Å²) in [6, 6.07) is 7.02. The Balaban J connectivity index is 2.15. The predicted molar refractivity (Wildman–Crippen MR) is 74.1 cm³/mol. The van der Waals surface area contributed by atoms with Crippen LogP contribution in [-0.2, 0) is 12.8 Å². The standard InChI is InChI=1S/C16H12F4O3/c1-22-15-7-10(8-21)3-5-14(15)23-9-11-2-4-12(13(17)6-11)16(18,19)20/h2-8H,9H2,1H3. The maximum atomic E-state index is 13.5. The van der Waals surface area contributed by atoms with Gasteiger partial charge in [0.1, 0.15) is 18.7 Å². The second-order valence-electron chi connectivity index (χ2n) is 4.63. The first-order valence-electron chi connectivity index (χ1n) is 6.47.